The van der Waals surface area contributed by atoms with Crippen LogP contribution in [0, 0.1) is 5.82 Å². The minimum Gasteiger partial charge on any atom is -0.423 e. The van der Waals surface area contributed by atoms with Gasteiger partial charge in [-0.3, -0.25) is 9.78 Å². The standard InChI is InChI=1S/C14H11BrFNO2S/c15-11-3-4-13(12(16)6-11)19-14(18)9-20-8-10-2-1-5-17-7-10/h1-7H,8-9H2. The van der Waals surface area contributed by atoms with E-state index in [2.05, 4.69) is 20.9 Å². The van der Waals surface area contributed by atoms with Crippen molar-refractivity contribution in [1.29, 1.82) is 0 Å². The van der Waals surface area contributed by atoms with E-state index < -0.39 is 11.8 Å². The molecule has 0 fully saturated rings. The molecule has 0 saturated heterocycles. The lowest BCUT2D eigenvalue weighted by Gasteiger charge is -2.05. The second-order valence-electron chi connectivity index (χ2n) is 3.90. The van der Waals surface area contributed by atoms with Crippen LogP contribution in [-0.4, -0.2) is 16.7 Å². The van der Waals surface area contributed by atoms with Crippen LogP contribution in [0.4, 0.5) is 4.39 Å². The van der Waals surface area contributed by atoms with Gasteiger partial charge >= 0.3 is 5.97 Å². The molecule has 0 amide bonds. The van der Waals surface area contributed by atoms with Gasteiger partial charge in [0.1, 0.15) is 0 Å². The SMILES string of the molecule is O=C(CSCc1cccnc1)Oc1ccc(Br)cc1F. The summed E-state index contributed by atoms with van der Waals surface area (Å²) in [6, 6.07) is 8.06. The van der Waals surface area contributed by atoms with Crippen molar-refractivity contribution in [3.05, 3.63) is 58.6 Å². The third-order valence-corrected chi connectivity index (χ3v) is 3.80. The summed E-state index contributed by atoms with van der Waals surface area (Å²) in [5.41, 5.74) is 1.03. The van der Waals surface area contributed by atoms with E-state index in [1.807, 2.05) is 12.1 Å². The number of esters is 1. The molecule has 2 rings (SSSR count). The van der Waals surface area contributed by atoms with E-state index in [4.69, 9.17) is 4.74 Å². The van der Waals surface area contributed by atoms with Gasteiger partial charge in [-0.25, -0.2) is 4.39 Å². The summed E-state index contributed by atoms with van der Waals surface area (Å²) in [4.78, 5) is 15.6. The van der Waals surface area contributed by atoms with Crippen molar-refractivity contribution in [1.82, 2.24) is 4.98 Å². The highest BCUT2D eigenvalue weighted by Gasteiger charge is 2.10. The summed E-state index contributed by atoms with van der Waals surface area (Å²) in [6.45, 7) is 0. The first kappa shape index (κ1) is 15.0. The molecule has 0 aliphatic carbocycles. The van der Waals surface area contributed by atoms with Crippen molar-refractivity contribution in [3.8, 4) is 5.75 Å². The highest BCUT2D eigenvalue weighted by Crippen LogP contribution is 2.22. The average Bonchev–Trinajstić information content (AvgIpc) is 2.43. The van der Waals surface area contributed by atoms with Crippen molar-refractivity contribution >= 4 is 33.7 Å². The quantitative estimate of drug-likeness (QED) is 0.603. The maximum atomic E-state index is 13.5. The normalized spacial score (nSPS) is 10.3. The third-order valence-electron chi connectivity index (χ3n) is 2.33. The fourth-order valence-electron chi connectivity index (χ4n) is 1.45. The number of carbonyl (C=O) groups is 1. The van der Waals surface area contributed by atoms with Crippen LogP contribution in [0.1, 0.15) is 5.56 Å². The number of ether oxygens (including phenoxy) is 1. The highest BCUT2D eigenvalue weighted by atomic mass is 79.9. The Hall–Kier alpha value is -1.40. The summed E-state index contributed by atoms with van der Waals surface area (Å²) in [5.74, 6) is -0.277. The zero-order chi connectivity index (χ0) is 14.4. The summed E-state index contributed by atoms with van der Waals surface area (Å²) in [5, 5.41) is 0. The molecule has 20 heavy (non-hydrogen) atoms. The largest absolute Gasteiger partial charge is 0.423 e. The predicted molar refractivity (Wildman–Crippen MR) is 80.1 cm³/mol. The van der Waals surface area contributed by atoms with Crippen LogP contribution in [0.5, 0.6) is 5.75 Å². The molecule has 0 saturated carbocycles. The fourth-order valence-corrected chi connectivity index (χ4v) is 2.51. The highest BCUT2D eigenvalue weighted by molar-refractivity contribution is 9.10. The van der Waals surface area contributed by atoms with Crippen molar-refractivity contribution in [2.24, 2.45) is 0 Å². The smallest absolute Gasteiger partial charge is 0.321 e. The topological polar surface area (TPSA) is 39.2 Å². The van der Waals surface area contributed by atoms with Crippen molar-refractivity contribution in [2.45, 2.75) is 5.75 Å². The van der Waals surface area contributed by atoms with Crippen LogP contribution in [-0.2, 0) is 10.5 Å². The zero-order valence-corrected chi connectivity index (χ0v) is 12.8. The number of pyridine rings is 1. The van der Waals surface area contributed by atoms with Crippen molar-refractivity contribution in [2.75, 3.05) is 5.75 Å². The molecule has 0 aliphatic rings. The van der Waals surface area contributed by atoms with Gasteiger partial charge in [0.25, 0.3) is 0 Å². The lowest BCUT2D eigenvalue weighted by Crippen LogP contribution is -2.11. The molecule has 1 aromatic carbocycles. The monoisotopic (exact) mass is 355 g/mol. The lowest BCUT2D eigenvalue weighted by molar-refractivity contribution is -0.131. The Balaban J connectivity index is 1.81. The molecule has 104 valence electrons. The van der Waals surface area contributed by atoms with Crippen LogP contribution in [0.2, 0.25) is 0 Å². The first-order chi connectivity index (χ1) is 9.65. The first-order valence-corrected chi connectivity index (χ1v) is 7.72. The number of rotatable bonds is 5. The van der Waals surface area contributed by atoms with Gasteiger partial charge in [-0.1, -0.05) is 22.0 Å². The van der Waals surface area contributed by atoms with Gasteiger partial charge in [-0.2, -0.15) is 0 Å². The Morgan fingerprint density at radius 1 is 1.40 bits per heavy atom. The van der Waals surface area contributed by atoms with Gasteiger partial charge in [-0.05, 0) is 29.8 Å². The maximum absolute atomic E-state index is 13.5. The van der Waals surface area contributed by atoms with E-state index in [9.17, 15) is 9.18 Å². The molecule has 0 N–H and O–H groups in total. The molecular weight excluding hydrogens is 345 g/mol. The Morgan fingerprint density at radius 3 is 2.95 bits per heavy atom. The summed E-state index contributed by atoms with van der Waals surface area (Å²) in [6.07, 6.45) is 3.44. The minimum absolute atomic E-state index is 0.0554. The molecule has 1 aromatic heterocycles. The van der Waals surface area contributed by atoms with Gasteiger partial charge in [-0.15, -0.1) is 11.8 Å². The fraction of sp³-hybridized carbons (Fsp3) is 0.143. The third kappa shape index (κ3) is 4.61. The molecule has 0 unspecified atom stereocenters. The molecule has 3 nitrogen and oxygen atoms in total. The van der Waals surface area contributed by atoms with Gasteiger partial charge < -0.3 is 4.74 Å². The second-order valence-corrected chi connectivity index (χ2v) is 5.80. The number of thioether (sulfide) groups is 1. The molecule has 0 spiro atoms. The van der Waals surface area contributed by atoms with Gasteiger partial charge in [0.15, 0.2) is 11.6 Å². The number of aromatic nitrogens is 1. The van der Waals surface area contributed by atoms with Crippen LogP contribution in [0.25, 0.3) is 0 Å². The van der Waals surface area contributed by atoms with E-state index in [1.165, 1.54) is 23.9 Å². The van der Waals surface area contributed by atoms with Crippen LogP contribution in [0.15, 0.2) is 47.2 Å². The molecule has 0 radical (unpaired) electrons. The molecular formula is C14H11BrFNO2S. The average molecular weight is 356 g/mol. The number of hydrogen-bond donors (Lipinski definition) is 0. The number of hydrogen-bond acceptors (Lipinski definition) is 4. The Labute approximate surface area is 128 Å². The van der Waals surface area contributed by atoms with E-state index in [1.54, 1.807) is 18.5 Å². The molecule has 2 aromatic rings. The molecule has 0 aliphatic heterocycles. The Kier molecular flexibility index (Phi) is 5.55. The van der Waals surface area contributed by atoms with Gasteiger partial charge in [0.2, 0.25) is 0 Å². The lowest BCUT2D eigenvalue weighted by atomic mass is 10.3. The Morgan fingerprint density at radius 2 is 2.25 bits per heavy atom. The number of carbonyl (C=O) groups excluding carboxylic acids is 1. The van der Waals surface area contributed by atoms with Crippen molar-refractivity contribution < 1.29 is 13.9 Å². The molecule has 1 heterocycles. The van der Waals surface area contributed by atoms with Crippen LogP contribution < -0.4 is 4.74 Å². The molecule has 0 bridgehead atoms. The number of benzene rings is 1. The Bertz CT molecular complexity index is 595. The van der Waals surface area contributed by atoms with E-state index in [0.717, 1.165) is 5.56 Å². The van der Waals surface area contributed by atoms with Crippen molar-refractivity contribution in [3.63, 3.8) is 0 Å². The number of nitrogens with zero attached hydrogens (tertiary/aromatic N) is 1. The summed E-state index contributed by atoms with van der Waals surface area (Å²) >= 11 is 4.54. The predicted octanol–water partition coefficient (Wildman–Crippen LogP) is 3.82. The summed E-state index contributed by atoms with van der Waals surface area (Å²) in [7, 11) is 0. The van der Waals surface area contributed by atoms with E-state index in [0.29, 0.717) is 10.2 Å². The van der Waals surface area contributed by atoms with Gasteiger partial charge in [0, 0.05) is 22.6 Å². The molecule has 0 atom stereocenters. The van der Waals surface area contributed by atoms with E-state index in [-0.39, 0.29) is 11.5 Å². The minimum atomic E-state index is -0.565. The zero-order valence-electron chi connectivity index (χ0n) is 10.4. The summed E-state index contributed by atoms with van der Waals surface area (Å²) < 4.78 is 19.0. The number of halogens is 2. The maximum Gasteiger partial charge on any atom is 0.321 e. The first-order valence-electron chi connectivity index (χ1n) is 5.77. The van der Waals surface area contributed by atoms with Crippen LogP contribution in [0.3, 0.4) is 0 Å². The van der Waals surface area contributed by atoms with Crippen LogP contribution >= 0.6 is 27.7 Å². The molecule has 6 heteroatoms. The second kappa shape index (κ2) is 7.40. The van der Waals surface area contributed by atoms with Gasteiger partial charge in [0.05, 0.1) is 5.75 Å². The van der Waals surface area contributed by atoms with E-state index >= 15 is 0 Å².